The molecule has 0 bridgehead atoms. The highest BCUT2D eigenvalue weighted by Crippen LogP contribution is 2.08. The van der Waals surface area contributed by atoms with Gasteiger partial charge in [-0.15, -0.1) is 11.6 Å². The van der Waals surface area contributed by atoms with Crippen LogP contribution in [-0.4, -0.2) is 17.3 Å². The zero-order valence-electron chi connectivity index (χ0n) is 7.48. The molecule has 1 unspecified atom stereocenters. The monoisotopic (exact) mass is 200 g/mol. The van der Waals surface area contributed by atoms with Crippen molar-refractivity contribution in [3.8, 4) is 0 Å². The van der Waals surface area contributed by atoms with Crippen LogP contribution in [0.25, 0.3) is 0 Å². The zero-order valence-corrected chi connectivity index (χ0v) is 8.24. The van der Waals surface area contributed by atoms with Gasteiger partial charge in [-0.05, 0) is 12.5 Å². The van der Waals surface area contributed by atoms with Crippen LogP contribution in [0.1, 0.15) is 18.6 Å². The maximum atomic E-state index is 9.04. The number of carbonyl (C=O) groups is 1. The summed E-state index contributed by atoms with van der Waals surface area (Å²) in [7, 11) is 0. The van der Waals surface area contributed by atoms with E-state index >= 15 is 0 Å². The van der Waals surface area contributed by atoms with E-state index in [4.69, 9.17) is 21.5 Å². The summed E-state index contributed by atoms with van der Waals surface area (Å²) in [6.45, 7) is 1.76. The molecule has 1 aromatic carbocycles. The van der Waals surface area contributed by atoms with E-state index < -0.39 is 0 Å². The lowest BCUT2D eigenvalue weighted by Gasteiger charge is -2.00. The summed E-state index contributed by atoms with van der Waals surface area (Å²) in [4.78, 5) is 9.04. The molecular weight excluding hydrogens is 188 g/mol. The number of carbonyl (C=O) groups excluding carboxylic acids is 1. The molecule has 1 atom stereocenters. The average molecular weight is 201 g/mol. The fourth-order valence-corrected chi connectivity index (χ4v) is 0.732. The number of benzene rings is 1. The predicted octanol–water partition coefficient (Wildman–Crippen LogP) is 2.16. The Labute approximate surface area is 83.2 Å². The molecule has 0 heterocycles. The third-order valence-corrected chi connectivity index (χ3v) is 1.47. The molecule has 0 amide bonds. The molecular formula is C10H13ClO2. The van der Waals surface area contributed by atoms with E-state index in [9.17, 15) is 0 Å². The van der Waals surface area contributed by atoms with Gasteiger partial charge in [0.25, 0.3) is 0 Å². The lowest BCUT2D eigenvalue weighted by atomic mass is 10.1. The lowest BCUT2D eigenvalue weighted by Crippen LogP contribution is -1.87. The molecule has 0 radical (unpaired) electrons. The Bertz CT molecular complexity index is 222. The second-order valence-electron chi connectivity index (χ2n) is 2.41. The van der Waals surface area contributed by atoms with Crippen molar-refractivity contribution in [1.82, 2.24) is 0 Å². The highest BCUT2D eigenvalue weighted by molar-refractivity contribution is 6.24. The molecule has 0 aliphatic carbocycles. The van der Waals surface area contributed by atoms with E-state index in [0.717, 1.165) is 5.56 Å². The lowest BCUT2D eigenvalue weighted by molar-refractivity contribution is -0.105. The minimum absolute atomic E-state index is 0.111. The van der Waals surface area contributed by atoms with E-state index in [1.807, 2.05) is 30.3 Å². The van der Waals surface area contributed by atoms with Gasteiger partial charge in [-0.25, -0.2) is 0 Å². The van der Waals surface area contributed by atoms with Crippen LogP contribution in [0.15, 0.2) is 30.3 Å². The summed E-state index contributed by atoms with van der Waals surface area (Å²) >= 11 is 4.82. The average Bonchev–Trinajstić information content (AvgIpc) is 2.19. The van der Waals surface area contributed by atoms with Crippen molar-refractivity contribution in [3.05, 3.63) is 35.9 Å². The normalized spacial score (nSPS) is 11.0. The summed E-state index contributed by atoms with van der Waals surface area (Å²) in [6.07, 6.45) is 0.299. The maximum Gasteiger partial charge on any atom is 0.134 e. The van der Waals surface area contributed by atoms with Gasteiger partial charge in [0.05, 0.1) is 12.0 Å². The number of alkyl halides is 1. The summed E-state index contributed by atoms with van der Waals surface area (Å²) in [5, 5.41) is 9.02. The highest BCUT2D eigenvalue weighted by atomic mass is 35.5. The second kappa shape index (κ2) is 7.77. The number of hydrogen-bond donors (Lipinski definition) is 1. The Morgan fingerprint density at radius 1 is 1.46 bits per heavy atom. The minimum atomic E-state index is -0.341. The standard InChI is InChI=1S/C8H10O.C2H3ClO/c1-7(9)8-5-3-2-4-6-8;3-1-2-4/h2-7,9H,1H3;2H,1H2. The fraction of sp³-hybridized carbons (Fsp3) is 0.300. The molecule has 1 N–H and O–H groups in total. The predicted molar refractivity (Wildman–Crippen MR) is 53.9 cm³/mol. The summed E-state index contributed by atoms with van der Waals surface area (Å²) < 4.78 is 0. The van der Waals surface area contributed by atoms with Crippen LogP contribution in [0.2, 0.25) is 0 Å². The van der Waals surface area contributed by atoms with Crippen molar-refractivity contribution in [3.63, 3.8) is 0 Å². The Balaban J connectivity index is 0.000000310. The van der Waals surface area contributed by atoms with Gasteiger partial charge in [-0.3, -0.25) is 0 Å². The van der Waals surface area contributed by atoms with Gasteiger partial charge in [-0.2, -0.15) is 0 Å². The Morgan fingerprint density at radius 3 is 2.15 bits per heavy atom. The van der Waals surface area contributed by atoms with E-state index in [2.05, 4.69) is 0 Å². The van der Waals surface area contributed by atoms with Crippen LogP contribution in [-0.2, 0) is 4.79 Å². The van der Waals surface area contributed by atoms with Gasteiger partial charge in [0.1, 0.15) is 6.29 Å². The minimum Gasteiger partial charge on any atom is -0.389 e. The third-order valence-electron chi connectivity index (χ3n) is 1.34. The van der Waals surface area contributed by atoms with Crippen molar-refractivity contribution in [1.29, 1.82) is 0 Å². The van der Waals surface area contributed by atoms with Gasteiger partial charge in [0, 0.05) is 0 Å². The molecule has 0 aromatic heterocycles. The number of aliphatic hydroxyl groups is 1. The van der Waals surface area contributed by atoms with Crippen LogP contribution in [0.4, 0.5) is 0 Å². The first kappa shape index (κ1) is 12.1. The Morgan fingerprint density at radius 2 is 1.92 bits per heavy atom. The van der Waals surface area contributed by atoms with Crippen LogP contribution < -0.4 is 0 Å². The third kappa shape index (κ3) is 6.31. The molecule has 1 aromatic rings. The Hall–Kier alpha value is -0.860. The van der Waals surface area contributed by atoms with Gasteiger partial charge >= 0.3 is 0 Å². The first-order valence-electron chi connectivity index (χ1n) is 3.95. The Kier molecular flexibility index (Phi) is 7.26. The van der Waals surface area contributed by atoms with Crippen molar-refractivity contribution < 1.29 is 9.90 Å². The van der Waals surface area contributed by atoms with Crippen LogP contribution in [0, 0.1) is 0 Å². The molecule has 72 valence electrons. The number of hydrogen-bond acceptors (Lipinski definition) is 2. The molecule has 0 saturated heterocycles. The molecule has 13 heavy (non-hydrogen) atoms. The van der Waals surface area contributed by atoms with Crippen molar-refractivity contribution in [2.75, 3.05) is 5.88 Å². The van der Waals surface area contributed by atoms with Crippen molar-refractivity contribution in [2.24, 2.45) is 0 Å². The topological polar surface area (TPSA) is 37.3 Å². The molecule has 0 aliphatic rings. The molecule has 0 aliphatic heterocycles. The zero-order chi connectivity index (χ0) is 10.1. The van der Waals surface area contributed by atoms with Crippen LogP contribution in [0.3, 0.4) is 0 Å². The molecule has 0 spiro atoms. The SMILES string of the molecule is CC(O)c1ccccc1.O=CCCl. The van der Waals surface area contributed by atoms with E-state index in [-0.39, 0.29) is 12.0 Å². The van der Waals surface area contributed by atoms with Crippen LogP contribution in [0.5, 0.6) is 0 Å². The van der Waals surface area contributed by atoms with Gasteiger partial charge in [0.15, 0.2) is 0 Å². The maximum absolute atomic E-state index is 9.04. The van der Waals surface area contributed by atoms with Crippen molar-refractivity contribution in [2.45, 2.75) is 13.0 Å². The molecule has 3 heteroatoms. The number of halogens is 1. The highest BCUT2D eigenvalue weighted by Gasteiger charge is 1.95. The fourth-order valence-electron chi connectivity index (χ4n) is 0.732. The van der Waals surface area contributed by atoms with Crippen LogP contribution >= 0.6 is 11.6 Å². The number of aldehydes is 1. The molecule has 0 fully saturated rings. The van der Waals surface area contributed by atoms with E-state index in [0.29, 0.717) is 6.29 Å². The molecule has 2 nitrogen and oxygen atoms in total. The van der Waals surface area contributed by atoms with Crippen molar-refractivity contribution >= 4 is 17.9 Å². The van der Waals surface area contributed by atoms with E-state index in [1.165, 1.54) is 0 Å². The quantitative estimate of drug-likeness (QED) is 0.587. The summed E-state index contributed by atoms with van der Waals surface area (Å²) in [5.41, 5.74) is 0.970. The number of rotatable bonds is 2. The van der Waals surface area contributed by atoms with Gasteiger partial charge < -0.3 is 9.90 Å². The van der Waals surface area contributed by atoms with Gasteiger partial charge in [0.2, 0.25) is 0 Å². The first-order chi connectivity index (χ1) is 6.22. The second-order valence-corrected chi connectivity index (χ2v) is 2.72. The molecule has 1 rings (SSSR count). The smallest absolute Gasteiger partial charge is 0.134 e. The first-order valence-corrected chi connectivity index (χ1v) is 4.48. The van der Waals surface area contributed by atoms with Gasteiger partial charge in [-0.1, -0.05) is 30.3 Å². The molecule has 0 saturated carbocycles. The summed E-state index contributed by atoms with van der Waals surface area (Å²) in [5.74, 6) is 0.111. The number of aliphatic hydroxyl groups excluding tert-OH is 1. The van der Waals surface area contributed by atoms with E-state index in [1.54, 1.807) is 6.92 Å². The summed E-state index contributed by atoms with van der Waals surface area (Å²) in [6, 6.07) is 9.59. The largest absolute Gasteiger partial charge is 0.389 e.